The van der Waals surface area contributed by atoms with E-state index in [1.165, 1.54) is 0 Å². The molecule has 6 nitrogen and oxygen atoms in total. The van der Waals surface area contributed by atoms with Crippen molar-refractivity contribution in [2.45, 2.75) is 26.0 Å². The largest absolute Gasteiger partial charge is 0.393 e. The Morgan fingerprint density at radius 2 is 2.15 bits per heavy atom. The Bertz CT molecular complexity index is 435. The number of hydrogen-bond acceptors (Lipinski definition) is 4. The van der Waals surface area contributed by atoms with Gasteiger partial charge in [0.05, 0.1) is 6.10 Å². The number of nitrogens with one attached hydrogen (secondary N) is 1. The number of carbonyl (C=O) groups excluding carboxylic acids is 1. The van der Waals surface area contributed by atoms with E-state index in [-0.39, 0.29) is 6.03 Å². The van der Waals surface area contributed by atoms with Crippen molar-refractivity contribution in [2.24, 2.45) is 0 Å². The number of nitrogens with zero attached hydrogens (tertiary/aromatic N) is 3. The zero-order valence-electron chi connectivity index (χ0n) is 12.6. The molecule has 1 rings (SSSR count). The van der Waals surface area contributed by atoms with Crippen LogP contribution in [0.2, 0.25) is 0 Å². The van der Waals surface area contributed by atoms with E-state index < -0.39 is 6.10 Å². The SMILES string of the molecule is CC(O)CCN(C)C(=O)NCc1ccnc(N(C)C)c1. The first-order valence-electron chi connectivity index (χ1n) is 6.69. The van der Waals surface area contributed by atoms with Crippen molar-refractivity contribution in [3.05, 3.63) is 23.9 Å². The smallest absolute Gasteiger partial charge is 0.317 e. The predicted molar refractivity (Wildman–Crippen MR) is 79.7 cm³/mol. The van der Waals surface area contributed by atoms with E-state index in [9.17, 15) is 9.90 Å². The lowest BCUT2D eigenvalue weighted by molar-refractivity contribution is 0.163. The first-order chi connectivity index (χ1) is 9.40. The highest BCUT2D eigenvalue weighted by molar-refractivity contribution is 5.73. The van der Waals surface area contributed by atoms with Crippen molar-refractivity contribution in [3.8, 4) is 0 Å². The fraction of sp³-hybridized carbons (Fsp3) is 0.571. The molecule has 0 aliphatic rings. The molecule has 0 radical (unpaired) electrons. The second-order valence-corrected chi connectivity index (χ2v) is 5.13. The van der Waals surface area contributed by atoms with Gasteiger partial charge in [-0.05, 0) is 31.0 Å². The summed E-state index contributed by atoms with van der Waals surface area (Å²) in [7, 11) is 5.57. The fourth-order valence-electron chi connectivity index (χ4n) is 1.61. The van der Waals surface area contributed by atoms with Crippen LogP contribution in [0.4, 0.5) is 10.6 Å². The monoisotopic (exact) mass is 280 g/mol. The Morgan fingerprint density at radius 1 is 1.45 bits per heavy atom. The minimum Gasteiger partial charge on any atom is -0.393 e. The number of urea groups is 1. The molecule has 1 aromatic rings. The van der Waals surface area contributed by atoms with Gasteiger partial charge in [0.25, 0.3) is 0 Å². The lowest BCUT2D eigenvalue weighted by atomic mass is 10.2. The summed E-state index contributed by atoms with van der Waals surface area (Å²) in [6.45, 7) is 2.70. The molecule has 0 aliphatic heterocycles. The highest BCUT2D eigenvalue weighted by Crippen LogP contribution is 2.09. The molecule has 1 unspecified atom stereocenters. The Balaban J connectivity index is 2.46. The molecule has 2 N–H and O–H groups in total. The summed E-state index contributed by atoms with van der Waals surface area (Å²) in [5, 5.41) is 12.1. The Hall–Kier alpha value is -1.82. The lowest BCUT2D eigenvalue weighted by Gasteiger charge is -2.19. The lowest BCUT2D eigenvalue weighted by Crippen LogP contribution is -2.38. The highest BCUT2D eigenvalue weighted by atomic mass is 16.3. The van der Waals surface area contributed by atoms with Crippen LogP contribution in [0.3, 0.4) is 0 Å². The van der Waals surface area contributed by atoms with Gasteiger partial charge >= 0.3 is 6.03 Å². The minimum absolute atomic E-state index is 0.145. The highest BCUT2D eigenvalue weighted by Gasteiger charge is 2.09. The molecule has 0 aliphatic carbocycles. The van der Waals surface area contributed by atoms with Crippen molar-refractivity contribution in [2.75, 3.05) is 32.6 Å². The molecule has 0 saturated heterocycles. The van der Waals surface area contributed by atoms with Gasteiger partial charge in [-0.2, -0.15) is 0 Å². The van der Waals surface area contributed by atoms with E-state index in [1.54, 1.807) is 25.1 Å². The summed E-state index contributed by atoms with van der Waals surface area (Å²) >= 11 is 0. The van der Waals surface area contributed by atoms with Gasteiger partial charge in [0.15, 0.2) is 0 Å². The van der Waals surface area contributed by atoms with Gasteiger partial charge in [0.2, 0.25) is 0 Å². The summed E-state index contributed by atoms with van der Waals surface area (Å²) < 4.78 is 0. The maximum atomic E-state index is 11.9. The fourth-order valence-corrected chi connectivity index (χ4v) is 1.61. The molecule has 0 aromatic carbocycles. The molecule has 0 saturated carbocycles. The molecule has 0 spiro atoms. The first kappa shape index (κ1) is 16.2. The summed E-state index contributed by atoms with van der Waals surface area (Å²) in [5.74, 6) is 0.860. The topological polar surface area (TPSA) is 68.7 Å². The Morgan fingerprint density at radius 3 is 2.75 bits per heavy atom. The van der Waals surface area contributed by atoms with E-state index in [0.717, 1.165) is 11.4 Å². The predicted octanol–water partition coefficient (Wildman–Crippen LogP) is 1.06. The Labute approximate surface area is 120 Å². The number of anilines is 1. The van der Waals surface area contributed by atoms with E-state index in [0.29, 0.717) is 19.5 Å². The molecule has 2 amide bonds. The van der Waals surface area contributed by atoms with Gasteiger partial charge in [-0.1, -0.05) is 0 Å². The zero-order valence-corrected chi connectivity index (χ0v) is 12.6. The third-order valence-corrected chi connectivity index (χ3v) is 2.94. The molecular weight excluding hydrogens is 256 g/mol. The van der Waals surface area contributed by atoms with Gasteiger partial charge in [0.1, 0.15) is 5.82 Å². The van der Waals surface area contributed by atoms with Crippen molar-refractivity contribution < 1.29 is 9.90 Å². The number of aliphatic hydroxyl groups excluding tert-OH is 1. The van der Waals surface area contributed by atoms with E-state index in [2.05, 4.69) is 10.3 Å². The quantitative estimate of drug-likeness (QED) is 0.817. The first-order valence-corrected chi connectivity index (χ1v) is 6.69. The van der Waals surface area contributed by atoms with Crippen LogP contribution < -0.4 is 10.2 Å². The van der Waals surface area contributed by atoms with E-state index in [1.807, 2.05) is 31.1 Å². The number of carbonyl (C=O) groups is 1. The molecule has 112 valence electrons. The van der Waals surface area contributed by atoms with Crippen LogP contribution in [0.15, 0.2) is 18.3 Å². The average molecular weight is 280 g/mol. The van der Waals surface area contributed by atoms with Crippen molar-refractivity contribution in [3.63, 3.8) is 0 Å². The van der Waals surface area contributed by atoms with Crippen molar-refractivity contribution >= 4 is 11.8 Å². The average Bonchev–Trinajstić information content (AvgIpc) is 2.42. The maximum Gasteiger partial charge on any atom is 0.317 e. The molecule has 0 bridgehead atoms. The third kappa shape index (κ3) is 5.44. The number of pyridine rings is 1. The molecule has 1 atom stereocenters. The third-order valence-electron chi connectivity index (χ3n) is 2.94. The van der Waals surface area contributed by atoms with Crippen LogP contribution in [0.5, 0.6) is 0 Å². The number of amides is 2. The number of aliphatic hydroxyl groups is 1. The molecule has 0 fully saturated rings. The number of hydrogen-bond donors (Lipinski definition) is 2. The van der Waals surface area contributed by atoms with Crippen LogP contribution >= 0.6 is 0 Å². The van der Waals surface area contributed by atoms with Gasteiger partial charge in [-0.25, -0.2) is 9.78 Å². The summed E-state index contributed by atoms with van der Waals surface area (Å²) in [6, 6.07) is 3.67. The Kier molecular flexibility index (Phi) is 6.24. The number of aromatic nitrogens is 1. The van der Waals surface area contributed by atoms with Crippen molar-refractivity contribution in [1.82, 2.24) is 15.2 Å². The molecular formula is C14H24N4O2. The van der Waals surface area contributed by atoms with Crippen molar-refractivity contribution in [1.29, 1.82) is 0 Å². The summed E-state index contributed by atoms with van der Waals surface area (Å²) in [5.41, 5.74) is 1.00. The van der Waals surface area contributed by atoms with Crippen LogP contribution in [0.25, 0.3) is 0 Å². The van der Waals surface area contributed by atoms with Crippen LogP contribution in [0, 0.1) is 0 Å². The summed E-state index contributed by atoms with van der Waals surface area (Å²) in [4.78, 5) is 19.6. The van der Waals surface area contributed by atoms with Gasteiger partial charge in [0, 0.05) is 40.4 Å². The second-order valence-electron chi connectivity index (χ2n) is 5.13. The standard InChI is InChI=1S/C14H24N4O2/c1-11(19)6-8-18(4)14(20)16-10-12-5-7-15-13(9-12)17(2)3/h5,7,9,11,19H,6,8,10H2,1-4H3,(H,16,20). The van der Waals surface area contributed by atoms with Crippen LogP contribution in [0.1, 0.15) is 18.9 Å². The minimum atomic E-state index is -0.395. The molecule has 1 aromatic heterocycles. The van der Waals surface area contributed by atoms with Crippen LogP contribution in [-0.2, 0) is 6.54 Å². The summed E-state index contributed by atoms with van der Waals surface area (Å²) in [6.07, 6.45) is 1.91. The zero-order chi connectivity index (χ0) is 15.1. The van der Waals surface area contributed by atoms with Gasteiger partial charge in [-0.3, -0.25) is 0 Å². The maximum absolute atomic E-state index is 11.9. The molecule has 6 heteroatoms. The van der Waals surface area contributed by atoms with E-state index >= 15 is 0 Å². The number of rotatable bonds is 6. The molecule has 20 heavy (non-hydrogen) atoms. The van der Waals surface area contributed by atoms with Crippen LogP contribution in [-0.4, -0.2) is 54.8 Å². The van der Waals surface area contributed by atoms with Gasteiger partial charge in [-0.15, -0.1) is 0 Å². The van der Waals surface area contributed by atoms with Gasteiger partial charge < -0.3 is 20.2 Å². The second kappa shape index (κ2) is 7.69. The van der Waals surface area contributed by atoms with E-state index in [4.69, 9.17) is 0 Å². The molecule has 1 heterocycles. The normalized spacial score (nSPS) is 11.8.